The second-order valence-electron chi connectivity index (χ2n) is 4.81. The van der Waals surface area contributed by atoms with E-state index in [-0.39, 0.29) is 5.97 Å². The highest BCUT2D eigenvalue weighted by Crippen LogP contribution is 2.06. The summed E-state index contributed by atoms with van der Waals surface area (Å²) in [5.74, 6) is 0.425. The summed E-state index contributed by atoms with van der Waals surface area (Å²) < 4.78 is 4.58. The molecule has 0 spiro atoms. The molecule has 0 saturated carbocycles. The van der Waals surface area contributed by atoms with Crippen molar-refractivity contribution >= 4 is 11.9 Å². The van der Waals surface area contributed by atoms with E-state index in [0.29, 0.717) is 18.4 Å². The number of hydrogen-bond acceptors (Lipinski definition) is 3. The Morgan fingerprint density at radius 2 is 1.89 bits per heavy atom. The van der Waals surface area contributed by atoms with Crippen molar-refractivity contribution in [3.8, 4) is 0 Å². The Hall–Kier alpha value is -1.26. The van der Waals surface area contributed by atoms with Crippen molar-refractivity contribution in [3.05, 3.63) is 0 Å². The highest BCUT2D eigenvalue weighted by Gasteiger charge is 2.00. The lowest BCUT2D eigenvalue weighted by atomic mass is 10.1. The standard InChI is InChI=1S/C14H29N3O2/c1-4-12(2)17-14(15)16-11-9-7-5-6-8-10-13(18)19-3/h12H,4-11H2,1-3H3,(H3,15,16,17). The third-order valence-electron chi connectivity index (χ3n) is 3.06. The molecule has 0 bridgehead atoms. The molecule has 0 amide bonds. The largest absolute Gasteiger partial charge is 0.469 e. The third kappa shape index (κ3) is 11.6. The maximum absolute atomic E-state index is 10.9. The van der Waals surface area contributed by atoms with Crippen LogP contribution in [-0.2, 0) is 9.53 Å². The predicted molar refractivity (Wildman–Crippen MR) is 79.1 cm³/mol. The fraction of sp³-hybridized carbons (Fsp3) is 0.857. The number of nitrogens with two attached hydrogens (primary N) is 1. The summed E-state index contributed by atoms with van der Waals surface area (Å²) in [6.45, 7) is 4.97. The molecular formula is C14H29N3O2. The Kier molecular flexibility index (Phi) is 11.0. The minimum absolute atomic E-state index is 0.117. The molecule has 0 rings (SSSR count). The van der Waals surface area contributed by atoms with Gasteiger partial charge in [0.15, 0.2) is 5.96 Å². The number of carbonyl (C=O) groups excluding carboxylic acids is 1. The number of aliphatic imine (C=N–C) groups is 1. The lowest BCUT2D eigenvalue weighted by Crippen LogP contribution is -2.38. The van der Waals surface area contributed by atoms with Crippen LogP contribution in [0.3, 0.4) is 0 Å². The Balaban J connectivity index is 3.39. The minimum atomic E-state index is -0.117. The molecule has 1 unspecified atom stereocenters. The van der Waals surface area contributed by atoms with Gasteiger partial charge in [0.05, 0.1) is 7.11 Å². The quantitative estimate of drug-likeness (QED) is 0.276. The second-order valence-corrected chi connectivity index (χ2v) is 4.81. The van der Waals surface area contributed by atoms with Crippen LogP contribution in [0.15, 0.2) is 4.99 Å². The van der Waals surface area contributed by atoms with Gasteiger partial charge in [0.2, 0.25) is 0 Å². The highest BCUT2D eigenvalue weighted by molar-refractivity contribution is 5.78. The molecule has 1 atom stereocenters. The molecule has 0 aromatic rings. The third-order valence-corrected chi connectivity index (χ3v) is 3.06. The van der Waals surface area contributed by atoms with Gasteiger partial charge in [-0.1, -0.05) is 26.2 Å². The topological polar surface area (TPSA) is 76.7 Å². The van der Waals surface area contributed by atoms with E-state index in [2.05, 4.69) is 28.9 Å². The molecule has 0 saturated heterocycles. The first-order valence-electron chi connectivity index (χ1n) is 7.23. The van der Waals surface area contributed by atoms with Crippen molar-refractivity contribution in [1.82, 2.24) is 5.32 Å². The molecule has 0 aromatic carbocycles. The molecule has 0 fully saturated rings. The van der Waals surface area contributed by atoms with Crippen molar-refractivity contribution in [2.45, 2.75) is 64.8 Å². The zero-order chi connectivity index (χ0) is 14.5. The van der Waals surface area contributed by atoms with Crippen molar-refractivity contribution in [2.75, 3.05) is 13.7 Å². The van der Waals surface area contributed by atoms with Gasteiger partial charge in [0, 0.05) is 19.0 Å². The van der Waals surface area contributed by atoms with Crippen molar-refractivity contribution in [3.63, 3.8) is 0 Å². The van der Waals surface area contributed by atoms with Crippen LogP contribution in [0.25, 0.3) is 0 Å². The summed E-state index contributed by atoms with van der Waals surface area (Å²) in [6, 6.07) is 0.377. The molecule has 0 aromatic heterocycles. The average molecular weight is 271 g/mol. The predicted octanol–water partition coefficient (Wildman–Crippen LogP) is 2.20. The Morgan fingerprint density at radius 1 is 1.26 bits per heavy atom. The lowest BCUT2D eigenvalue weighted by Gasteiger charge is -2.11. The Morgan fingerprint density at radius 3 is 2.53 bits per heavy atom. The summed E-state index contributed by atoms with van der Waals surface area (Å²) >= 11 is 0. The van der Waals surface area contributed by atoms with Crippen molar-refractivity contribution in [2.24, 2.45) is 10.7 Å². The monoisotopic (exact) mass is 271 g/mol. The van der Waals surface area contributed by atoms with Crippen LogP contribution in [0.5, 0.6) is 0 Å². The number of hydrogen-bond donors (Lipinski definition) is 2. The van der Waals surface area contributed by atoms with Crippen LogP contribution in [0.1, 0.15) is 58.8 Å². The van der Waals surface area contributed by atoms with Gasteiger partial charge in [0.1, 0.15) is 0 Å². The van der Waals surface area contributed by atoms with Crippen LogP contribution in [-0.4, -0.2) is 31.6 Å². The van der Waals surface area contributed by atoms with Gasteiger partial charge in [-0.15, -0.1) is 0 Å². The average Bonchev–Trinajstić information content (AvgIpc) is 2.41. The van der Waals surface area contributed by atoms with E-state index in [4.69, 9.17) is 5.73 Å². The van der Waals surface area contributed by atoms with E-state index in [0.717, 1.165) is 45.1 Å². The zero-order valence-corrected chi connectivity index (χ0v) is 12.6. The molecule has 112 valence electrons. The molecule has 0 aliphatic carbocycles. The Bertz CT molecular complexity index is 267. The van der Waals surface area contributed by atoms with Gasteiger partial charge in [-0.05, 0) is 26.2 Å². The minimum Gasteiger partial charge on any atom is -0.469 e. The summed E-state index contributed by atoms with van der Waals surface area (Å²) in [5, 5.41) is 3.14. The molecule has 0 heterocycles. The summed E-state index contributed by atoms with van der Waals surface area (Å²) in [7, 11) is 1.43. The number of unbranched alkanes of at least 4 members (excludes halogenated alkanes) is 4. The van der Waals surface area contributed by atoms with Crippen molar-refractivity contribution < 1.29 is 9.53 Å². The number of esters is 1. The van der Waals surface area contributed by atoms with E-state index in [1.807, 2.05) is 0 Å². The second kappa shape index (κ2) is 11.8. The van der Waals surface area contributed by atoms with E-state index in [9.17, 15) is 4.79 Å². The van der Waals surface area contributed by atoms with Gasteiger partial charge in [-0.3, -0.25) is 9.79 Å². The van der Waals surface area contributed by atoms with Gasteiger partial charge in [-0.25, -0.2) is 0 Å². The van der Waals surface area contributed by atoms with Gasteiger partial charge >= 0.3 is 5.97 Å². The smallest absolute Gasteiger partial charge is 0.305 e. The molecule has 5 heteroatoms. The van der Waals surface area contributed by atoms with Crippen LogP contribution >= 0.6 is 0 Å². The van der Waals surface area contributed by atoms with Crippen LogP contribution in [0.4, 0.5) is 0 Å². The normalized spacial score (nSPS) is 13.1. The number of carbonyl (C=O) groups is 1. The number of nitrogens with zero attached hydrogens (tertiary/aromatic N) is 1. The molecule has 3 N–H and O–H groups in total. The van der Waals surface area contributed by atoms with E-state index < -0.39 is 0 Å². The van der Waals surface area contributed by atoms with Crippen LogP contribution < -0.4 is 11.1 Å². The fourth-order valence-electron chi connectivity index (χ4n) is 1.61. The number of ether oxygens (including phenoxy) is 1. The molecule has 0 radical (unpaired) electrons. The summed E-state index contributed by atoms with van der Waals surface area (Å²) in [6.07, 6.45) is 6.84. The van der Waals surface area contributed by atoms with Gasteiger partial charge in [-0.2, -0.15) is 0 Å². The van der Waals surface area contributed by atoms with Crippen LogP contribution in [0, 0.1) is 0 Å². The number of rotatable bonds is 10. The molecule has 5 nitrogen and oxygen atoms in total. The molecule has 0 aliphatic heterocycles. The zero-order valence-electron chi connectivity index (χ0n) is 12.6. The maximum atomic E-state index is 10.9. The fourth-order valence-corrected chi connectivity index (χ4v) is 1.61. The molecular weight excluding hydrogens is 242 g/mol. The highest BCUT2D eigenvalue weighted by atomic mass is 16.5. The van der Waals surface area contributed by atoms with Gasteiger partial charge < -0.3 is 15.8 Å². The first-order chi connectivity index (χ1) is 9.10. The summed E-state index contributed by atoms with van der Waals surface area (Å²) in [5.41, 5.74) is 5.75. The summed E-state index contributed by atoms with van der Waals surface area (Å²) in [4.78, 5) is 15.2. The number of guanidine groups is 1. The first-order valence-corrected chi connectivity index (χ1v) is 7.23. The van der Waals surface area contributed by atoms with E-state index >= 15 is 0 Å². The molecule has 19 heavy (non-hydrogen) atoms. The Labute approximate surface area is 117 Å². The maximum Gasteiger partial charge on any atom is 0.305 e. The lowest BCUT2D eigenvalue weighted by molar-refractivity contribution is -0.140. The number of nitrogens with one attached hydrogen (secondary N) is 1. The van der Waals surface area contributed by atoms with E-state index in [1.54, 1.807) is 0 Å². The van der Waals surface area contributed by atoms with Gasteiger partial charge in [0.25, 0.3) is 0 Å². The molecule has 0 aliphatic rings. The van der Waals surface area contributed by atoms with Crippen molar-refractivity contribution in [1.29, 1.82) is 0 Å². The number of methoxy groups -OCH3 is 1. The van der Waals surface area contributed by atoms with Crippen LogP contribution in [0.2, 0.25) is 0 Å². The first kappa shape index (κ1) is 17.7. The SMILES string of the molecule is CCC(C)NC(N)=NCCCCCCCC(=O)OC. The van der Waals surface area contributed by atoms with E-state index in [1.165, 1.54) is 7.11 Å².